The van der Waals surface area contributed by atoms with E-state index < -0.39 is 17.4 Å². The van der Waals surface area contributed by atoms with E-state index in [0.717, 1.165) is 22.4 Å². The summed E-state index contributed by atoms with van der Waals surface area (Å²) in [6.07, 6.45) is 1.60. The fourth-order valence-electron chi connectivity index (χ4n) is 7.10. The van der Waals surface area contributed by atoms with Crippen molar-refractivity contribution in [2.75, 3.05) is 5.32 Å². The Kier molecular flexibility index (Phi) is 10.3. The van der Waals surface area contributed by atoms with Gasteiger partial charge in [-0.2, -0.15) is 15.2 Å². The molecule has 54 heavy (non-hydrogen) atoms. The van der Waals surface area contributed by atoms with Gasteiger partial charge in [0, 0.05) is 49.8 Å². The third-order valence-electron chi connectivity index (χ3n) is 9.81. The first-order valence-electron chi connectivity index (χ1n) is 18.2. The molecule has 15 nitrogen and oxygen atoms in total. The molecule has 4 heterocycles. The van der Waals surface area contributed by atoms with Gasteiger partial charge in [-0.15, -0.1) is 0 Å². The van der Waals surface area contributed by atoms with E-state index in [1.807, 2.05) is 55.9 Å². The van der Waals surface area contributed by atoms with Gasteiger partial charge < -0.3 is 19.4 Å². The number of ketones is 1. The van der Waals surface area contributed by atoms with Crippen molar-refractivity contribution < 1.29 is 19.2 Å². The molecule has 3 amide bonds. The quantitative estimate of drug-likeness (QED) is 0.151. The monoisotopic (exact) mass is 733 g/mol. The van der Waals surface area contributed by atoms with Gasteiger partial charge >= 0.3 is 0 Å². The number of fused-ring (bicyclic) bond motifs is 2. The van der Waals surface area contributed by atoms with Crippen molar-refractivity contribution in [1.29, 1.82) is 0 Å². The number of hydrogen-bond donors (Lipinski definition) is 2. The molecule has 0 saturated carbocycles. The van der Waals surface area contributed by atoms with Gasteiger partial charge in [-0.25, -0.2) is 4.98 Å². The molecule has 0 saturated heterocycles. The molecule has 0 atom stereocenters. The summed E-state index contributed by atoms with van der Waals surface area (Å²) >= 11 is 0. The fraction of sp³-hybridized carbons (Fsp3) is 0.385. The summed E-state index contributed by atoms with van der Waals surface area (Å²) in [6, 6.07) is 14.1. The van der Waals surface area contributed by atoms with Crippen molar-refractivity contribution >= 4 is 51.5 Å². The maximum atomic E-state index is 13.7. The van der Waals surface area contributed by atoms with Crippen molar-refractivity contribution in [1.82, 2.24) is 38.2 Å². The molecule has 0 spiro atoms. The van der Waals surface area contributed by atoms with Crippen molar-refractivity contribution in [2.24, 2.45) is 17.8 Å². The highest BCUT2D eigenvalue weighted by molar-refractivity contribution is 6.04. The maximum Gasteiger partial charge on any atom is 0.298 e. The summed E-state index contributed by atoms with van der Waals surface area (Å²) in [5, 5.41) is 11.9. The van der Waals surface area contributed by atoms with Gasteiger partial charge in [0.2, 0.25) is 17.5 Å². The number of rotatable bonds is 13. The molecule has 0 unspecified atom stereocenters. The summed E-state index contributed by atoms with van der Waals surface area (Å²) in [5.74, 6) is -0.976. The number of anilines is 1. The molecule has 0 aliphatic heterocycles. The topological polar surface area (TPSA) is 182 Å². The lowest BCUT2D eigenvalue weighted by Crippen LogP contribution is -2.31. The molecule has 0 aliphatic carbocycles. The Balaban J connectivity index is 1.39. The summed E-state index contributed by atoms with van der Waals surface area (Å²) < 4.78 is 9.06. The van der Waals surface area contributed by atoms with Crippen molar-refractivity contribution in [2.45, 2.75) is 92.9 Å². The van der Waals surface area contributed by atoms with Crippen molar-refractivity contribution in [3.63, 3.8) is 0 Å². The molecule has 6 aromatic rings. The number of imidazole rings is 2. The van der Waals surface area contributed by atoms with Gasteiger partial charge in [-0.3, -0.25) is 33.9 Å². The summed E-state index contributed by atoms with van der Waals surface area (Å²) in [4.78, 5) is 61.5. The predicted molar refractivity (Wildman–Crippen MR) is 205 cm³/mol. The first-order chi connectivity index (χ1) is 25.7. The summed E-state index contributed by atoms with van der Waals surface area (Å²) in [6.45, 7) is 15.0. The van der Waals surface area contributed by atoms with E-state index in [4.69, 9.17) is 10.7 Å². The molecular formula is C39H47N11O4. The Morgan fingerprint density at radius 3 is 2.11 bits per heavy atom. The number of aromatic nitrogens is 8. The molecule has 0 radical (unpaired) electrons. The molecule has 0 aliphatic rings. The number of carbonyl (C=O) groups is 4. The van der Waals surface area contributed by atoms with Crippen LogP contribution in [0.15, 0.2) is 53.5 Å². The number of benzene rings is 2. The van der Waals surface area contributed by atoms with Crippen molar-refractivity contribution in [3.05, 3.63) is 88.1 Å². The molecule has 0 bridgehead atoms. The van der Waals surface area contributed by atoms with E-state index in [1.165, 1.54) is 0 Å². The lowest BCUT2D eigenvalue weighted by molar-refractivity contribution is 0.0978. The minimum absolute atomic E-state index is 0.00247. The van der Waals surface area contributed by atoms with Crippen LogP contribution in [0.2, 0.25) is 0 Å². The van der Waals surface area contributed by atoms with Gasteiger partial charge in [0.05, 0.1) is 33.5 Å². The van der Waals surface area contributed by atoms with Crippen LogP contribution in [0, 0.1) is 13.8 Å². The van der Waals surface area contributed by atoms with Gasteiger partial charge in [-0.1, -0.05) is 6.92 Å². The van der Waals surface area contributed by atoms with E-state index in [-0.39, 0.29) is 11.7 Å². The lowest BCUT2D eigenvalue weighted by atomic mass is 9.97. The smallest absolute Gasteiger partial charge is 0.298 e. The Hall–Kier alpha value is -6.12. The van der Waals surface area contributed by atoms with Gasteiger partial charge in [0.15, 0.2) is 5.78 Å². The number of primary amides is 1. The van der Waals surface area contributed by atoms with Crippen LogP contribution in [-0.2, 0) is 32.2 Å². The number of nitrogens with zero attached hydrogens (tertiary/aromatic N) is 9. The first-order valence-corrected chi connectivity index (χ1v) is 18.2. The predicted octanol–water partition coefficient (Wildman–Crippen LogP) is 5.28. The minimum atomic E-state index is -0.600. The Bertz CT molecular complexity index is 2520. The van der Waals surface area contributed by atoms with Crippen LogP contribution in [0.1, 0.15) is 107 Å². The number of nitrogens with one attached hydrogen (secondary N) is 1. The molecular weight excluding hydrogens is 687 g/mol. The van der Waals surface area contributed by atoms with Gasteiger partial charge in [0.25, 0.3) is 11.8 Å². The number of Topliss-reactive ketones (excluding diaryl/α,β-unsaturated/α-hetero) is 1. The van der Waals surface area contributed by atoms with Gasteiger partial charge in [-0.05, 0) is 103 Å². The zero-order chi connectivity index (χ0) is 39.1. The molecule has 6 rings (SSSR count). The number of hydrogen-bond acceptors (Lipinski definition) is 7. The third-order valence-corrected chi connectivity index (χ3v) is 9.81. The Morgan fingerprint density at radius 1 is 0.833 bits per heavy atom. The molecule has 0 fully saturated rings. The molecule has 15 heteroatoms. The van der Waals surface area contributed by atoms with E-state index >= 15 is 0 Å². The maximum absolute atomic E-state index is 13.7. The second kappa shape index (κ2) is 14.7. The van der Waals surface area contributed by atoms with Crippen LogP contribution in [0.4, 0.5) is 5.95 Å². The highest BCUT2D eigenvalue weighted by atomic mass is 16.2. The average Bonchev–Trinajstić information content (AvgIpc) is 3.89. The number of aryl methyl sites for hydroxylation is 6. The van der Waals surface area contributed by atoms with Crippen LogP contribution < -0.4 is 16.7 Å². The van der Waals surface area contributed by atoms with Crippen molar-refractivity contribution in [3.8, 4) is 0 Å². The highest BCUT2D eigenvalue weighted by Crippen LogP contribution is 2.33. The van der Waals surface area contributed by atoms with E-state index in [9.17, 15) is 19.2 Å². The van der Waals surface area contributed by atoms with Gasteiger partial charge in [0.1, 0.15) is 11.4 Å². The average molecular weight is 734 g/mol. The second-order valence-electron chi connectivity index (χ2n) is 14.1. The zero-order valence-corrected chi connectivity index (χ0v) is 32.1. The number of carbonyl (C=O) groups excluding carboxylic acids is 4. The fourth-order valence-corrected chi connectivity index (χ4v) is 7.10. The van der Waals surface area contributed by atoms with Crippen LogP contribution in [-0.4, -0.2) is 61.8 Å². The second-order valence-corrected chi connectivity index (χ2v) is 14.1. The van der Waals surface area contributed by atoms with Crippen LogP contribution in [0.3, 0.4) is 0 Å². The SMILES string of the molecule is CCC(=O)c1ccc2c(c1)nc(NC(=O)c1cc(C)nn1CC)n2C(C)(C)CCCn1c(=NC(=O)c2cc(C)nn2CC)n(C)c2cc(C(N)=O)ccc21. The molecule has 3 N–H and O–H groups in total. The standard InChI is InChI=1S/C39H47N11O4/c1-9-33(51)25-13-15-28-27(21-25)41-37(42-35(53)31-19-23(4)44-48(31)10-2)50(28)39(6,7)17-12-18-47-29-16-14-26(34(40)52)22-30(29)46(8)38(47)43-36(54)32-20-24(5)45-49(32)11-3/h13-16,19-22H,9-12,17-18H2,1-8H3,(H2,40,52)(H,41,42,53). The summed E-state index contributed by atoms with van der Waals surface area (Å²) in [7, 11) is 1.80. The van der Waals surface area contributed by atoms with Crippen LogP contribution in [0.5, 0.6) is 0 Å². The molecule has 282 valence electrons. The minimum Gasteiger partial charge on any atom is -0.366 e. The Labute approximate surface area is 312 Å². The largest absolute Gasteiger partial charge is 0.366 e. The lowest BCUT2D eigenvalue weighted by Gasteiger charge is -2.29. The number of nitrogens with two attached hydrogens (primary N) is 1. The molecule has 4 aromatic heterocycles. The summed E-state index contributed by atoms with van der Waals surface area (Å²) in [5.41, 5.74) is 11.4. The van der Waals surface area contributed by atoms with Crippen LogP contribution >= 0.6 is 0 Å². The van der Waals surface area contributed by atoms with E-state index in [0.29, 0.717) is 84.0 Å². The van der Waals surface area contributed by atoms with Crippen LogP contribution in [0.25, 0.3) is 22.1 Å². The highest BCUT2D eigenvalue weighted by Gasteiger charge is 2.29. The third kappa shape index (κ3) is 7.00. The van der Waals surface area contributed by atoms with E-state index in [1.54, 1.807) is 57.4 Å². The normalized spacial score (nSPS) is 12.3. The zero-order valence-electron chi connectivity index (χ0n) is 32.1. The Morgan fingerprint density at radius 2 is 1.46 bits per heavy atom. The first kappa shape index (κ1) is 37.6. The van der Waals surface area contributed by atoms with E-state index in [2.05, 4.69) is 34.4 Å². The number of amides is 3. The molecule has 2 aromatic carbocycles.